The van der Waals surface area contributed by atoms with Crippen LogP contribution in [0.15, 0.2) is 29.5 Å². The standard InChI is InChI=1S/C27H49N3O2/c1-2-3-4-5-6-7-8-9-10-11-12-13-14-15-16-17-18-19-20-26-29-22-24-30(26,23-21-28)25-27(31)32/h4-5,22,24H,2-3,6-21,23,25,28H2,1H3/b5-4+. The van der Waals surface area contributed by atoms with Crippen LogP contribution in [0.1, 0.15) is 116 Å². The van der Waals surface area contributed by atoms with Gasteiger partial charge in [-0.15, -0.1) is 0 Å². The average molecular weight is 448 g/mol. The summed E-state index contributed by atoms with van der Waals surface area (Å²) in [7, 11) is 0. The van der Waals surface area contributed by atoms with Crippen LogP contribution >= 0.6 is 0 Å². The van der Waals surface area contributed by atoms with Crippen LogP contribution in [0.2, 0.25) is 0 Å². The van der Waals surface area contributed by atoms with E-state index in [4.69, 9.17) is 5.73 Å². The number of aliphatic imine (C=N–C) groups is 1. The van der Waals surface area contributed by atoms with Crippen LogP contribution in [0.25, 0.3) is 0 Å². The molecule has 1 rings (SSSR count). The van der Waals surface area contributed by atoms with Crippen molar-refractivity contribution in [3.05, 3.63) is 24.6 Å². The maximum absolute atomic E-state index is 11.2. The molecule has 0 fully saturated rings. The molecule has 5 heteroatoms. The third-order valence-corrected chi connectivity index (χ3v) is 6.42. The van der Waals surface area contributed by atoms with E-state index in [2.05, 4.69) is 24.1 Å². The lowest BCUT2D eigenvalue weighted by molar-refractivity contribution is -0.780. The Kier molecular flexibility index (Phi) is 17.0. The maximum atomic E-state index is 11.2. The fraction of sp³-hybridized carbons (Fsp3) is 0.778. The van der Waals surface area contributed by atoms with Crippen molar-refractivity contribution in [2.75, 3.05) is 19.6 Å². The molecule has 0 aromatic rings. The highest BCUT2D eigenvalue weighted by molar-refractivity contribution is 5.80. The van der Waals surface area contributed by atoms with Crippen LogP contribution in [0.4, 0.5) is 0 Å². The van der Waals surface area contributed by atoms with E-state index in [0.29, 0.717) is 13.1 Å². The number of quaternary nitrogens is 1. The van der Waals surface area contributed by atoms with E-state index < -0.39 is 5.97 Å². The van der Waals surface area contributed by atoms with E-state index >= 15 is 0 Å². The minimum atomic E-state index is -1.05. The first kappa shape index (κ1) is 28.6. The van der Waals surface area contributed by atoms with Crippen molar-refractivity contribution in [2.45, 2.75) is 116 Å². The number of hydrogen-bond acceptors (Lipinski definition) is 4. The van der Waals surface area contributed by atoms with Gasteiger partial charge in [-0.3, -0.25) is 0 Å². The number of unbranched alkanes of at least 4 members (excludes halogenated alkanes) is 14. The van der Waals surface area contributed by atoms with Crippen LogP contribution in [0, 0.1) is 0 Å². The molecule has 0 spiro atoms. The van der Waals surface area contributed by atoms with Gasteiger partial charge in [-0.25, -0.2) is 9.48 Å². The molecule has 0 bridgehead atoms. The van der Waals surface area contributed by atoms with E-state index in [9.17, 15) is 9.90 Å². The number of nitrogens with zero attached hydrogens (tertiary/aromatic N) is 2. The van der Waals surface area contributed by atoms with Gasteiger partial charge in [0.15, 0.2) is 0 Å². The second kappa shape index (κ2) is 19.0. The van der Waals surface area contributed by atoms with Gasteiger partial charge in [0.2, 0.25) is 5.84 Å². The quantitative estimate of drug-likeness (QED) is 0.133. The number of hydrogen-bond donors (Lipinski definition) is 1. The Hall–Kier alpha value is -1.46. The zero-order valence-corrected chi connectivity index (χ0v) is 20.7. The van der Waals surface area contributed by atoms with Gasteiger partial charge in [-0.1, -0.05) is 96.1 Å². The summed E-state index contributed by atoms with van der Waals surface area (Å²) in [5.41, 5.74) is 5.71. The third kappa shape index (κ3) is 13.2. The molecule has 1 aliphatic rings. The molecular weight excluding hydrogens is 398 g/mol. The summed E-state index contributed by atoms with van der Waals surface area (Å²) in [5.74, 6) is -0.125. The zero-order valence-electron chi connectivity index (χ0n) is 20.7. The summed E-state index contributed by atoms with van der Waals surface area (Å²) in [6.07, 6.45) is 30.1. The summed E-state index contributed by atoms with van der Waals surface area (Å²) < 4.78 is 0.245. The molecular formula is C27H49N3O2. The number of amidine groups is 1. The average Bonchev–Trinajstić information content (AvgIpc) is 3.14. The first-order chi connectivity index (χ1) is 15.6. The van der Waals surface area contributed by atoms with Crippen molar-refractivity contribution in [2.24, 2.45) is 10.7 Å². The third-order valence-electron chi connectivity index (χ3n) is 6.42. The number of allylic oxidation sites excluding steroid dienone is 2. The Morgan fingerprint density at radius 1 is 0.906 bits per heavy atom. The van der Waals surface area contributed by atoms with Crippen molar-refractivity contribution in [1.82, 2.24) is 0 Å². The smallest absolute Gasteiger partial charge is 0.207 e. The molecule has 32 heavy (non-hydrogen) atoms. The van der Waals surface area contributed by atoms with Gasteiger partial charge in [0.05, 0.1) is 12.2 Å². The molecule has 2 N–H and O–H groups in total. The minimum absolute atomic E-state index is 0.0665. The molecule has 0 aromatic carbocycles. The molecule has 0 saturated carbocycles. The van der Waals surface area contributed by atoms with Crippen molar-refractivity contribution >= 4 is 11.8 Å². The number of aliphatic carboxylic acids is 1. The molecule has 1 unspecified atom stereocenters. The second-order valence-corrected chi connectivity index (χ2v) is 9.31. The number of carbonyl (C=O) groups is 1. The summed E-state index contributed by atoms with van der Waals surface area (Å²) in [4.78, 5) is 15.6. The van der Waals surface area contributed by atoms with Gasteiger partial charge in [0, 0.05) is 13.0 Å². The molecule has 0 radical (unpaired) electrons. The van der Waals surface area contributed by atoms with Gasteiger partial charge in [-0.2, -0.15) is 0 Å². The lowest BCUT2D eigenvalue weighted by Gasteiger charge is -2.32. The summed E-state index contributed by atoms with van der Waals surface area (Å²) >= 11 is 0. The second-order valence-electron chi connectivity index (χ2n) is 9.31. The number of rotatable bonds is 22. The Labute approximate surface area is 197 Å². The Bertz CT molecular complexity index is 571. The Balaban J connectivity index is 1.92. The normalized spacial score (nSPS) is 18.0. The monoisotopic (exact) mass is 447 g/mol. The minimum Gasteiger partial charge on any atom is -0.544 e. The van der Waals surface area contributed by atoms with E-state index in [1.165, 1.54) is 96.3 Å². The summed E-state index contributed by atoms with van der Waals surface area (Å²) in [5, 5.41) is 11.2. The molecule has 1 atom stereocenters. The van der Waals surface area contributed by atoms with Crippen molar-refractivity contribution in [1.29, 1.82) is 0 Å². The Morgan fingerprint density at radius 2 is 1.44 bits per heavy atom. The van der Waals surface area contributed by atoms with Gasteiger partial charge in [0.1, 0.15) is 19.3 Å². The molecule has 0 aliphatic carbocycles. The van der Waals surface area contributed by atoms with Crippen molar-refractivity contribution in [3.8, 4) is 0 Å². The van der Waals surface area contributed by atoms with E-state index in [1.807, 2.05) is 6.20 Å². The lowest BCUT2D eigenvalue weighted by atomic mass is 10.0. The van der Waals surface area contributed by atoms with Gasteiger partial charge in [-0.05, 0) is 25.7 Å². The maximum Gasteiger partial charge on any atom is 0.207 e. The van der Waals surface area contributed by atoms with Crippen molar-refractivity contribution in [3.63, 3.8) is 0 Å². The van der Waals surface area contributed by atoms with Crippen molar-refractivity contribution < 1.29 is 14.4 Å². The Morgan fingerprint density at radius 3 is 1.97 bits per heavy atom. The summed E-state index contributed by atoms with van der Waals surface area (Å²) in [6.45, 7) is 3.17. The fourth-order valence-electron chi connectivity index (χ4n) is 4.51. The van der Waals surface area contributed by atoms with E-state index in [1.54, 1.807) is 6.20 Å². The number of carbonyl (C=O) groups excluding carboxylic acids is 1. The highest BCUT2D eigenvalue weighted by Gasteiger charge is 2.34. The van der Waals surface area contributed by atoms with Crippen LogP contribution in [0.3, 0.4) is 0 Å². The number of nitrogens with two attached hydrogens (primary N) is 1. The van der Waals surface area contributed by atoms with E-state index in [-0.39, 0.29) is 11.0 Å². The molecule has 0 saturated heterocycles. The van der Waals surface area contributed by atoms with Gasteiger partial charge < -0.3 is 15.6 Å². The predicted octanol–water partition coefficient (Wildman–Crippen LogP) is 5.60. The van der Waals surface area contributed by atoms with Crippen LogP contribution < -0.4 is 10.8 Å². The topological polar surface area (TPSA) is 78.5 Å². The molecule has 1 heterocycles. The SMILES string of the molecule is CCC/C=C/CCCCCCCCCCCCCCCC1=NC=C[N+]1(CCN)CC(=O)[O-]. The van der Waals surface area contributed by atoms with Crippen LogP contribution in [-0.4, -0.2) is 35.9 Å². The highest BCUT2D eigenvalue weighted by atomic mass is 16.4. The van der Waals surface area contributed by atoms with Crippen LogP contribution in [-0.2, 0) is 4.79 Å². The molecule has 0 amide bonds. The van der Waals surface area contributed by atoms with Crippen LogP contribution in [0.5, 0.6) is 0 Å². The first-order valence-corrected chi connectivity index (χ1v) is 13.3. The first-order valence-electron chi connectivity index (χ1n) is 13.3. The molecule has 184 valence electrons. The fourth-order valence-corrected chi connectivity index (χ4v) is 4.51. The van der Waals surface area contributed by atoms with Gasteiger partial charge >= 0.3 is 0 Å². The number of carboxylic acid groups (broad SMARTS) is 1. The number of carboxylic acids is 1. The van der Waals surface area contributed by atoms with Gasteiger partial charge in [0.25, 0.3) is 0 Å². The predicted molar refractivity (Wildman–Crippen MR) is 134 cm³/mol. The molecule has 0 aromatic heterocycles. The zero-order chi connectivity index (χ0) is 23.3. The molecule has 5 nitrogen and oxygen atoms in total. The molecule has 1 aliphatic heterocycles. The lowest BCUT2D eigenvalue weighted by Crippen LogP contribution is -2.55. The van der Waals surface area contributed by atoms with E-state index in [0.717, 1.165) is 18.7 Å². The summed E-state index contributed by atoms with van der Waals surface area (Å²) in [6, 6.07) is 0. The largest absolute Gasteiger partial charge is 0.544 e. The highest BCUT2D eigenvalue weighted by Crippen LogP contribution is 2.21.